The lowest BCUT2D eigenvalue weighted by molar-refractivity contribution is 0.0691. The maximum atomic E-state index is 14.7. The van der Waals surface area contributed by atoms with E-state index in [9.17, 15) is 22.9 Å². The number of allylic oxidation sites excluding steroid dienone is 1. The highest BCUT2D eigenvalue weighted by Crippen LogP contribution is 2.38. The Kier molecular flexibility index (Phi) is 7.57. The highest BCUT2D eigenvalue weighted by Gasteiger charge is 2.29. The molecule has 2 heterocycles. The number of aromatic carboxylic acids is 1. The second-order valence-electron chi connectivity index (χ2n) is 9.85. The van der Waals surface area contributed by atoms with Crippen molar-refractivity contribution in [2.75, 3.05) is 0 Å². The molecular formula is C28H26F2N4O3S2. The van der Waals surface area contributed by atoms with Crippen molar-refractivity contribution in [3.63, 3.8) is 0 Å². The highest BCUT2D eigenvalue weighted by molar-refractivity contribution is 7.82. The van der Waals surface area contributed by atoms with Crippen LogP contribution in [0, 0.1) is 17.6 Å². The molecule has 202 valence electrons. The van der Waals surface area contributed by atoms with Crippen molar-refractivity contribution < 1.29 is 22.9 Å². The van der Waals surface area contributed by atoms with Crippen molar-refractivity contribution in [3.05, 3.63) is 87.1 Å². The number of halogens is 2. The Bertz CT molecular complexity index is 1640. The number of hydrogen-bond acceptors (Lipinski definition) is 5. The SMILES string of the molecule is CC(C)=Cc1cc(-c2nn(-c3nc(C(=O)O)cs3)c(CC3CC3)c2Cc2ccc(S(N)=O)c(F)c2)ccc1F. The first-order valence-corrected chi connectivity index (χ1v) is 14.4. The molecule has 1 fully saturated rings. The molecule has 1 saturated carbocycles. The van der Waals surface area contributed by atoms with E-state index in [1.54, 1.807) is 29.0 Å². The summed E-state index contributed by atoms with van der Waals surface area (Å²) in [5.74, 6) is -1.71. The van der Waals surface area contributed by atoms with E-state index in [0.717, 1.165) is 29.7 Å². The normalized spacial score (nSPS) is 13.9. The Morgan fingerprint density at radius 2 is 1.97 bits per heavy atom. The molecule has 11 heteroatoms. The monoisotopic (exact) mass is 568 g/mol. The number of hydrogen-bond donors (Lipinski definition) is 2. The summed E-state index contributed by atoms with van der Waals surface area (Å²) < 4.78 is 42.7. The van der Waals surface area contributed by atoms with E-state index in [4.69, 9.17) is 10.2 Å². The van der Waals surface area contributed by atoms with Crippen LogP contribution in [0.2, 0.25) is 0 Å². The number of nitrogens with zero attached hydrogens (tertiary/aromatic N) is 3. The van der Waals surface area contributed by atoms with Crippen molar-refractivity contribution in [2.45, 2.75) is 44.4 Å². The van der Waals surface area contributed by atoms with Gasteiger partial charge >= 0.3 is 5.97 Å². The minimum absolute atomic E-state index is 0.0777. The molecule has 1 aliphatic rings. The van der Waals surface area contributed by atoms with Crippen LogP contribution in [0.1, 0.15) is 59.6 Å². The first kappa shape index (κ1) is 27.0. The Morgan fingerprint density at radius 1 is 1.21 bits per heavy atom. The zero-order valence-corrected chi connectivity index (χ0v) is 22.9. The summed E-state index contributed by atoms with van der Waals surface area (Å²) in [6.07, 6.45) is 4.84. The van der Waals surface area contributed by atoms with Gasteiger partial charge in [0, 0.05) is 28.5 Å². The van der Waals surface area contributed by atoms with E-state index in [1.807, 2.05) is 13.8 Å². The van der Waals surface area contributed by atoms with Crippen LogP contribution in [0.4, 0.5) is 8.78 Å². The molecule has 0 bridgehead atoms. The molecule has 3 N–H and O–H groups in total. The van der Waals surface area contributed by atoms with Gasteiger partial charge in [0.05, 0.1) is 16.3 Å². The number of nitrogens with two attached hydrogens (primary N) is 1. The van der Waals surface area contributed by atoms with Crippen molar-refractivity contribution in [1.82, 2.24) is 14.8 Å². The molecule has 4 aromatic rings. The number of carbonyl (C=O) groups is 1. The first-order chi connectivity index (χ1) is 18.6. The van der Waals surface area contributed by atoms with Crippen molar-refractivity contribution in [2.24, 2.45) is 11.1 Å². The fourth-order valence-electron chi connectivity index (χ4n) is 4.46. The fraction of sp³-hybridized carbons (Fsp3) is 0.250. The summed E-state index contributed by atoms with van der Waals surface area (Å²) in [5, 5.41) is 21.6. The molecule has 0 spiro atoms. The average Bonchev–Trinajstić information content (AvgIpc) is 3.43. The minimum Gasteiger partial charge on any atom is -0.476 e. The molecule has 0 aliphatic heterocycles. The maximum absolute atomic E-state index is 14.7. The average molecular weight is 569 g/mol. The molecule has 7 nitrogen and oxygen atoms in total. The van der Waals surface area contributed by atoms with Gasteiger partial charge in [0.15, 0.2) is 5.69 Å². The molecule has 2 aromatic heterocycles. The van der Waals surface area contributed by atoms with Gasteiger partial charge in [-0.1, -0.05) is 17.7 Å². The maximum Gasteiger partial charge on any atom is 0.355 e. The Balaban J connectivity index is 1.71. The third-order valence-corrected chi connectivity index (χ3v) is 8.05. The summed E-state index contributed by atoms with van der Waals surface area (Å²) in [6, 6.07) is 9.18. The van der Waals surface area contributed by atoms with Crippen LogP contribution in [0.3, 0.4) is 0 Å². The molecular weight excluding hydrogens is 542 g/mol. The third-order valence-electron chi connectivity index (χ3n) is 6.47. The topological polar surface area (TPSA) is 111 Å². The van der Waals surface area contributed by atoms with Crippen molar-refractivity contribution in [3.8, 4) is 16.4 Å². The second-order valence-corrected chi connectivity index (χ2v) is 11.7. The van der Waals surface area contributed by atoms with Crippen LogP contribution in [0.5, 0.6) is 0 Å². The highest BCUT2D eigenvalue weighted by atomic mass is 32.2. The molecule has 39 heavy (non-hydrogen) atoms. The molecule has 0 amide bonds. The van der Waals surface area contributed by atoms with E-state index in [1.165, 1.54) is 34.9 Å². The molecule has 1 unspecified atom stereocenters. The van der Waals surface area contributed by atoms with Crippen LogP contribution in [0.25, 0.3) is 22.5 Å². The van der Waals surface area contributed by atoms with Crippen LogP contribution < -0.4 is 5.14 Å². The van der Waals surface area contributed by atoms with Gasteiger partial charge in [-0.25, -0.2) is 32.6 Å². The predicted molar refractivity (Wildman–Crippen MR) is 147 cm³/mol. The quantitative estimate of drug-likeness (QED) is 0.260. The van der Waals surface area contributed by atoms with Crippen LogP contribution in [0.15, 0.2) is 52.2 Å². The first-order valence-electron chi connectivity index (χ1n) is 12.3. The summed E-state index contributed by atoms with van der Waals surface area (Å²) in [5.41, 5.74) is 4.80. The number of carboxylic acid groups (broad SMARTS) is 1. The number of rotatable bonds is 9. The zero-order chi connectivity index (χ0) is 27.8. The fourth-order valence-corrected chi connectivity index (χ4v) is 5.69. The van der Waals surface area contributed by atoms with Gasteiger partial charge in [-0.15, -0.1) is 11.3 Å². The van der Waals surface area contributed by atoms with E-state index in [2.05, 4.69) is 4.98 Å². The molecule has 1 atom stereocenters. The lowest BCUT2D eigenvalue weighted by Gasteiger charge is -2.10. The summed E-state index contributed by atoms with van der Waals surface area (Å²) >= 11 is 1.17. The Labute approximate surface area is 230 Å². The van der Waals surface area contributed by atoms with Gasteiger partial charge in [-0.2, -0.15) is 5.10 Å². The molecule has 1 aliphatic carbocycles. The predicted octanol–water partition coefficient (Wildman–Crippen LogP) is 5.92. The van der Waals surface area contributed by atoms with Crippen molar-refractivity contribution >= 4 is 34.4 Å². The number of aromatic nitrogens is 3. The third kappa shape index (κ3) is 5.90. The summed E-state index contributed by atoms with van der Waals surface area (Å²) in [7, 11) is -1.95. The lowest BCUT2D eigenvalue weighted by Crippen LogP contribution is -2.07. The van der Waals surface area contributed by atoms with E-state index in [-0.39, 0.29) is 22.8 Å². The van der Waals surface area contributed by atoms with E-state index >= 15 is 0 Å². The standard InChI is InChI=1S/C28H26F2N4O3S2/c1-15(2)9-19-13-18(6-7-21(19)29)26-20(10-17-5-8-25(39(31)37)22(30)11-17)24(12-16-3-4-16)34(33-26)28-32-23(14-38-28)27(35)36/h5-9,11,13-14,16H,3-4,10,12,31H2,1-2H3,(H,35,36). The zero-order valence-electron chi connectivity index (χ0n) is 21.3. The van der Waals surface area contributed by atoms with Gasteiger partial charge in [0.1, 0.15) is 22.6 Å². The second kappa shape index (κ2) is 10.9. The number of thiazole rings is 1. The van der Waals surface area contributed by atoms with Gasteiger partial charge < -0.3 is 5.11 Å². The van der Waals surface area contributed by atoms with Crippen molar-refractivity contribution in [1.29, 1.82) is 0 Å². The lowest BCUT2D eigenvalue weighted by atomic mass is 9.96. The van der Waals surface area contributed by atoms with Crippen LogP contribution in [-0.2, 0) is 23.8 Å². The largest absolute Gasteiger partial charge is 0.476 e. The van der Waals surface area contributed by atoms with E-state index in [0.29, 0.717) is 39.9 Å². The molecule has 0 saturated heterocycles. The van der Waals surface area contributed by atoms with Gasteiger partial charge in [0.25, 0.3) is 0 Å². The Morgan fingerprint density at radius 3 is 2.59 bits per heavy atom. The number of carboxylic acids is 1. The molecule has 5 rings (SSSR count). The molecule has 0 radical (unpaired) electrons. The number of benzene rings is 2. The summed E-state index contributed by atoms with van der Waals surface area (Å²) in [4.78, 5) is 15.7. The minimum atomic E-state index is -1.95. The smallest absolute Gasteiger partial charge is 0.355 e. The van der Waals surface area contributed by atoms with Gasteiger partial charge in [-0.3, -0.25) is 0 Å². The van der Waals surface area contributed by atoms with Gasteiger partial charge in [0.2, 0.25) is 5.13 Å². The van der Waals surface area contributed by atoms with Gasteiger partial charge in [-0.05, 0) is 74.9 Å². The Hall–Kier alpha value is -3.54. The molecule has 2 aromatic carbocycles. The summed E-state index contributed by atoms with van der Waals surface area (Å²) in [6.45, 7) is 3.77. The van der Waals surface area contributed by atoms with E-state index < -0.39 is 22.8 Å². The van der Waals surface area contributed by atoms with Crippen LogP contribution in [-0.4, -0.2) is 30.0 Å². The van der Waals surface area contributed by atoms with Crippen LogP contribution >= 0.6 is 11.3 Å².